The Morgan fingerprint density at radius 2 is 1.71 bits per heavy atom. The number of benzene rings is 1. The molecule has 1 aromatic carbocycles. The molecule has 2 fully saturated rings. The summed E-state index contributed by atoms with van der Waals surface area (Å²) in [5, 5.41) is 14.3. The number of aliphatic hydroxyl groups is 1. The highest BCUT2D eigenvalue weighted by molar-refractivity contribution is 5.93. The van der Waals surface area contributed by atoms with Crippen LogP contribution in [-0.2, 0) is 6.18 Å². The molecule has 0 spiro atoms. The van der Waals surface area contributed by atoms with Crippen LogP contribution in [0.15, 0.2) is 36.5 Å². The molecule has 0 radical (unpaired) electrons. The quantitative estimate of drug-likeness (QED) is 0.378. The van der Waals surface area contributed by atoms with E-state index in [2.05, 4.69) is 10.1 Å². The van der Waals surface area contributed by atoms with Crippen LogP contribution in [0.1, 0.15) is 68.1 Å². The minimum atomic E-state index is -4.63. The Balaban J connectivity index is 1.34. The average molecular weight is 598 g/mol. The Bertz CT molecular complexity index is 1470. The van der Waals surface area contributed by atoms with E-state index in [4.69, 9.17) is 0 Å². The van der Waals surface area contributed by atoms with Gasteiger partial charge in [0, 0.05) is 37.3 Å². The zero-order valence-electron chi connectivity index (χ0n) is 23.7. The summed E-state index contributed by atoms with van der Waals surface area (Å²) < 4.78 is 79.6. The molecule has 3 aromatic rings. The molecule has 1 amide bonds. The third-order valence-corrected chi connectivity index (χ3v) is 8.33. The van der Waals surface area contributed by atoms with Gasteiger partial charge in [0.1, 0.15) is 5.69 Å². The van der Waals surface area contributed by atoms with Gasteiger partial charge in [0.15, 0.2) is 11.2 Å². The lowest BCUT2D eigenvalue weighted by molar-refractivity contribution is -0.300. The van der Waals surface area contributed by atoms with Crippen molar-refractivity contribution in [2.75, 3.05) is 26.2 Å². The van der Waals surface area contributed by atoms with Gasteiger partial charge < -0.3 is 10.0 Å². The monoisotopic (exact) mass is 597 g/mol. The smallest absolute Gasteiger partial charge is 0.380 e. The number of fused-ring (bicyclic) bond motifs is 1. The third kappa shape index (κ3) is 5.60. The van der Waals surface area contributed by atoms with Crippen molar-refractivity contribution in [2.45, 2.75) is 69.9 Å². The summed E-state index contributed by atoms with van der Waals surface area (Å²) >= 11 is 0. The number of carbonyl (C=O) groups excluding carboxylic acids is 1. The topological polar surface area (TPSA) is 74.0 Å². The Morgan fingerprint density at radius 1 is 1.07 bits per heavy atom. The zero-order chi connectivity index (χ0) is 30.8. The number of halogens is 6. The molecule has 1 aliphatic carbocycles. The van der Waals surface area contributed by atoms with E-state index in [1.54, 1.807) is 11.0 Å². The number of alkyl halides is 6. The van der Waals surface area contributed by atoms with Crippen molar-refractivity contribution in [3.63, 3.8) is 0 Å². The van der Waals surface area contributed by atoms with Crippen LogP contribution in [0.2, 0.25) is 0 Å². The Hall–Kier alpha value is -3.19. The van der Waals surface area contributed by atoms with Gasteiger partial charge in [-0.25, -0.2) is 9.50 Å². The molecule has 3 heterocycles. The van der Waals surface area contributed by atoms with Crippen LogP contribution in [0, 0.1) is 5.92 Å². The molecule has 228 valence electrons. The van der Waals surface area contributed by atoms with Crippen LogP contribution >= 0.6 is 0 Å². The summed E-state index contributed by atoms with van der Waals surface area (Å²) in [5.74, 6) is -0.603. The standard InChI is InChI=1S/C29H33F6N5O2/c1-17(2)21-11-22(19-5-7-20(8-6-19)28(30,31)32)37-40-15-23(36-24(21)40)25(41)39-10-9-38(16-26(39,3)4)14-18-12-27(42,13-18)29(33,34)35/h5-8,11,15,17-18,42H,9-10,12-14,16H2,1-4H3. The minimum absolute atomic E-state index is 0.0180. The maximum atomic E-state index is 13.7. The van der Waals surface area contributed by atoms with Gasteiger partial charge in [-0.15, -0.1) is 0 Å². The van der Waals surface area contributed by atoms with Crippen LogP contribution in [0.25, 0.3) is 16.9 Å². The maximum absolute atomic E-state index is 13.7. The minimum Gasteiger partial charge on any atom is -0.380 e. The first-order valence-corrected chi connectivity index (χ1v) is 13.8. The molecule has 1 aliphatic heterocycles. The van der Waals surface area contributed by atoms with Crippen molar-refractivity contribution in [3.05, 3.63) is 53.3 Å². The van der Waals surface area contributed by atoms with Gasteiger partial charge in [0.25, 0.3) is 5.91 Å². The first-order valence-electron chi connectivity index (χ1n) is 13.8. The van der Waals surface area contributed by atoms with Crippen molar-refractivity contribution < 1.29 is 36.2 Å². The summed E-state index contributed by atoms with van der Waals surface area (Å²) in [6, 6.07) is 6.50. The molecule has 1 saturated carbocycles. The molecule has 0 unspecified atom stereocenters. The van der Waals surface area contributed by atoms with Crippen molar-refractivity contribution in [3.8, 4) is 11.3 Å². The molecule has 2 aliphatic rings. The Morgan fingerprint density at radius 3 is 2.26 bits per heavy atom. The number of hydrogen-bond donors (Lipinski definition) is 1. The molecule has 1 N–H and O–H groups in total. The number of imidazole rings is 1. The molecular weight excluding hydrogens is 564 g/mol. The number of piperazine rings is 1. The number of amides is 1. The highest BCUT2D eigenvalue weighted by atomic mass is 19.4. The van der Waals surface area contributed by atoms with Gasteiger partial charge in [0.05, 0.1) is 23.0 Å². The Labute approximate surface area is 239 Å². The SMILES string of the molecule is CC(C)c1cc(-c2ccc(C(F)(F)F)cc2)nn2cc(C(=O)N3CCN(CC4CC(O)(C(F)(F)F)C4)CC3(C)C)nc12. The summed E-state index contributed by atoms with van der Waals surface area (Å²) in [7, 11) is 0. The van der Waals surface area contributed by atoms with Gasteiger partial charge in [-0.3, -0.25) is 9.69 Å². The van der Waals surface area contributed by atoms with Crippen molar-refractivity contribution in [1.29, 1.82) is 0 Å². The summed E-state index contributed by atoms with van der Waals surface area (Å²) in [5.41, 5.74) is -1.65. The number of aromatic nitrogens is 3. The lowest BCUT2D eigenvalue weighted by atomic mass is 9.70. The van der Waals surface area contributed by atoms with E-state index >= 15 is 0 Å². The summed E-state index contributed by atoms with van der Waals surface area (Å²) in [6.07, 6.45) is -8.21. The van der Waals surface area contributed by atoms with Gasteiger partial charge >= 0.3 is 12.4 Å². The summed E-state index contributed by atoms with van der Waals surface area (Å²) in [6.45, 7) is 9.34. The predicted octanol–water partition coefficient (Wildman–Crippen LogP) is 5.78. The van der Waals surface area contributed by atoms with Crippen LogP contribution in [-0.4, -0.2) is 78.9 Å². The maximum Gasteiger partial charge on any atom is 0.417 e. The lowest BCUT2D eigenvalue weighted by Gasteiger charge is -2.50. The first kappa shape index (κ1) is 30.3. The van der Waals surface area contributed by atoms with Crippen LogP contribution < -0.4 is 0 Å². The van der Waals surface area contributed by atoms with Crippen molar-refractivity contribution in [2.24, 2.45) is 5.92 Å². The molecule has 0 atom stereocenters. The molecule has 13 heteroatoms. The number of hydrogen-bond acceptors (Lipinski definition) is 5. The van der Waals surface area contributed by atoms with Crippen LogP contribution in [0.3, 0.4) is 0 Å². The molecule has 2 aromatic heterocycles. The fraction of sp³-hybridized carbons (Fsp3) is 0.552. The summed E-state index contributed by atoms with van der Waals surface area (Å²) in [4.78, 5) is 22.0. The van der Waals surface area contributed by atoms with E-state index in [1.165, 1.54) is 22.8 Å². The highest BCUT2D eigenvalue weighted by Gasteiger charge is 2.61. The second-order valence-electron chi connectivity index (χ2n) is 12.4. The van der Waals surface area contributed by atoms with E-state index in [9.17, 15) is 36.2 Å². The van der Waals surface area contributed by atoms with Gasteiger partial charge in [-0.1, -0.05) is 26.0 Å². The van der Waals surface area contributed by atoms with E-state index in [0.717, 1.165) is 17.7 Å². The molecule has 0 bridgehead atoms. The van der Waals surface area contributed by atoms with Crippen LogP contribution in [0.5, 0.6) is 0 Å². The fourth-order valence-corrected chi connectivity index (χ4v) is 6.05. The average Bonchev–Trinajstić information content (AvgIpc) is 3.29. The van der Waals surface area contributed by atoms with E-state index in [-0.39, 0.29) is 36.3 Å². The second kappa shape index (κ2) is 10.2. The van der Waals surface area contributed by atoms with Gasteiger partial charge in [0.2, 0.25) is 0 Å². The first-order chi connectivity index (χ1) is 19.4. The number of carbonyl (C=O) groups is 1. The van der Waals surface area contributed by atoms with Crippen molar-refractivity contribution in [1.82, 2.24) is 24.4 Å². The molecule has 1 saturated heterocycles. The molecule has 5 rings (SSSR count). The van der Waals surface area contributed by atoms with Crippen molar-refractivity contribution >= 4 is 11.6 Å². The van der Waals surface area contributed by atoms with Crippen LogP contribution in [0.4, 0.5) is 26.3 Å². The number of nitrogens with zero attached hydrogens (tertiary/aromatic N) is 5. The van der Waals surface area contributed by atoms with E-state index in [1.807, 2.05) is 32.6 Å². The van der Waals surface area contributed by atoms with Gasteiger partial charge in [-0.05, 0) is 56.7 Å². The Kier molecular flexibility index (Phi) is 7.36. The molecular formula is C29H33F6N5O2. The van der Waals surface area contributed by atoms with E-state index < -0.39 is 29.1 Å². The highest BCUT2D eigenvalue weighted by Crippen LogP contribution is 2.49. The molecule has 42 heavy (non-hydrogen) atoms. The predicted molar refractivity (Wildman–Crippen MR) is 143 cm³/mol. The number of rotatable bonds is 5. The fourth-order valence-electron chi connectivity index (χ4n) is 6.05. The lowest BCUT2D eigenvalue weighted by Crippen LogP contribution is -2.63. The second-order valence-corrected chi connectivity index (χ2v) is 12.4. The molecule has 7 nitrogen and oxygen atoms in total. The normalized spacial score (nSPS) is 23.4. The largest absolute Gasteiger partial charge is 0.417 e. The third-order valence-electron chi connectivity index (χ3n) is 8.33. The zero-order valence-corrected chi connectivity index (χ0v) is 23.7. The van der Waals surface area contributed by atoms with E-state index in [0.29, 0.717) is 43.1 Å². The van der Waals surface area contributed by atoms with Gasteiger partial charge in [-0.2, -0.15) is 31.4 Å².